The molecule has 1 N–H and O–H groups in total. The lowest BCUT2D eigenvalue weighted by molar-refractivity contribution is -0.157. The molecule has 2 rings (SSSR count). The molecule has 2 aliphatic rings. The Morgan fingerprint density at radius 1 is 1.64 bits per heavy atom. The summed E-state index contributed by atoms with van der Waals surface area (Å²) < 4.78 is 0. The number of carboxylic acid groups (broad SMARTS) is 1. The van der Waals surface area contributed by atoms with Gasteiger partial charge >= 0.3 is 5.97 Å². The molecular weight excluding hydrogens is 206 g/mol. The fourth-order valence-corrected chi connectivity index (χ4v) is 2.37. The number of nitrogens with zero attached hydrogens (tertiary/aromatic N) is 1. The molecule has 76 valence electrons. The number of rotatable bonds is 1. The number of hydrogen-bond acceptors (Lipinski definition) is 2. The normalized spacial score (nSPS) is 31.3. The summed E-state index contributed by atoms with van der Waals surface area (Å²) in [5.41, 5.74) is -0.0222. The summed E-state index contributed by atoms with van der Waals surface area (Å²) in [6.07, 6.45) is 1.32. The standard InChI is InChI=1S/C9H10ClNO3/c1-4-6-3-2-5(10)7(9(13)14)11(6)8(4)12/h4,6H,2-3H2,1H3,(H,13,14)/t4-,6+/m0/s1. The molecule has 4 nitrogen and oxygen atoms in total. The Bertz CT molecular complexity index is 350. The third kappa shape index (κ3) is 1.07. The van der Waals surface area contributed by atoms with Gasteiger partial charge < -0.3 is 10.0 Å². The van der Waals surface area contributed by atoms with Crippen LogP contribution in [0.3, 0.4) is 0 Å². The highest BCUT2D eigenvalue weighted by atomic mass is 35.5. The number of carboxylic acids is 1. The van der Waals surface area contributed by atoms with Crippen molar-refractivity contribution in [3.63, 3.8) is 0 Å². The predicted molar refractivity (Wildman–Crippen MR) is 49.5 cm³/mol. The first-order valence-electron chi connectivity index (χ1n) is 4.49. The number of aliphatic carboxylic acids is 1. The molecule has 0 aromatic carbocycles. The van der Waals surface area contributed by atoms with Gasteiger partial charge in [0.15, 0.2) is 0 Å². The van der Waals surface area contributed by atoms with E-state index in [-0.39, 0.29) is 28.6 Å². The highest BCUT2D eigenvalue weighted by Crippen LogP contribution is 2.40. The van der Waals surface area contributed by atoms with E-state index in [0.717, 1.165) is 6.42 Å². The van der Waals surface area contributed by atoms with Crippen LogP contribution in [0, 0.1) is 5.92 Å². The van der Waals surface area contributed by atoms with E-state index in [1.54, 1.807) is 0 Å². The number of hydrogen-bond donors (Lipinski definition) is 1. The minimum absolute atomic E-state index is 0.0222. The number of halogens is 1. The Labute approximate surface area is 86.1 Å². The van der Waals surface area contributed by atoms with Crippen molar-refractivity contribution in [3.05, 3.63) is 10.7 Å². The zero-order chi connectivity index (χ0) is 10.5. The molecule has 1 amide bonds. The van der Waals surface area contributed by atoms with E-state index >= 15 is 0 Å². The highest BCUT2D eigenvalue weighted by molar-refractivity contribution is 6.32. The van der Waals surface area contributed by atoms with E-state index in [4.69, 9.17) is 16.7 Å². The van der Waals surface area contributed by atoms with Crippen LogP contribution in [0.1, 0.15) is 19.8 Å². The van der Waals surface area contributed by atoms with E-state index in [1.165, 1.54) is 4.90 Å². The van der Waals surface area contributed by atoms with E-state index < -0.39 is 5.97 Å². The molecule has 14 heavy (non-hydrogen) atoms. The Morgan fingerprint density at radius 2 is 2.29 bits per heavy atom. The molecule has 0 bridgehead atoms. The van der Waals surface area contributed by atoms with Crippen molar-refractivity contribution in [2.24, 2.45) is 5.92 Å². The van der Waals surface area contributed by atoms with Crippen molar-refractivity contribution in [1.82, 2.24) is 4.90 Å². The van der Waals surface area contributed by atoms with Crippen LogP contribution in [0.4, 0.5) is 0 Å². The van der Waals surface area contributed by atoms with Crippen LogP contribution in [0.2, 0.25) is 0 Å². The van der Waals surface area contributed by atoms with Crippen molar-refractivity contribution in [3.8, 4) is 0 Å². The molecule has 0 radical (unpaired) electrons. The number of β-lactam (4-membered cyclic amide) rings is 1. The third-order valence-corrected chi connectivity index (χ3v) is 3.26. The summed E-state index contributed by atoms with van der Waals surface area (Å²) in [4.78, 5) is 23.6. The molecule has 0 saturated carbocycles. The van der Waals surface area contributed by atoms with E-state index in [1.807, 2.05) is 6.92 Å². The monoisotopic (exact) mass is 215 g/mol. The van der Waals surface area contributed by atoms with Crippen LogP contribution in [-0.4, -0.2) is 27.9 Å². The smallest absolute Gasteiger partial charge is 0.353 e. The van der Waals surface area contributed by atoms with Crippen LogP contribution in [0.5, 0.6) is 0 Å². The first-order valence-corrected chi connectivity index (χ1v) is 4.87. The average molecular weight is 216 g/mol. The van der Waals surface area contributed by atoms with Gasteiger partial charge in [0.25, 0.3) is 0 Å². The third-order valence-electron chi connectivity index (χ3n) is 2.90. The fraction of sp³-hybridized carbons (Fsp3) is 0.556. The van der Waals surface area contributed by atoms with Crippen LogP contribution in [-0.2, 0) is 9.59 Å². The maximum absolute atomic E-state index is 11.4. The minimum atomic E-state index is -1.11. The zero-order valence-electron chi connectivity index (χ0n) is 7.66. The lowest BCUT2D eigenvalue weighted by Crippen LogP contribution is -2.61. The van der Waals surface area contributed by atoms with Gasteiger partial charge in [0.2, 0.25) is 5.91 Å². The number of carbonyl (C=O) groups is 2. The van der Waals surface area contributed by atoms with Gasteiger partial charge in [-0.15, -0.1) is 0 Å². The van der Waals surface area contributed by atoms with Crippen molar-refractivity contribution >= 4 is 23.5 Å². The zero-order valence-corrected chi connectivity index (χ0v) is 8.41. The minimum Gasteiger partial charge on any atom is -0.477 e. The molecule has 2 heterocycles. The van der Waals surface area contributed by atoms with Gasteiger partial charge in [-0.05, 0) is 12.8 Å². The van der Waals surface area contributed by atoms with Gasteiger partial charge in [-0.2, -0.15) is 0 Å². The maximum Gasteiger partial charge on any atom is 0.353 e. The predicted octanol–water partition coefficient (Wildman–Crippen LogP) is 1.16. The Morgan fingerprint density at radius 3 is 2.86 bits per heavy atom. The van der Waals surface area contributed by atoms with Crippen molar-refractivity contribution in [1.29, 1.82) is 0 Å². The van der Waals surface area contributed by atoms with Crippen LogP contribution in [0.25, 0.3) is 0 Å². The second kappa shape index (κ2) is 2.98. The Hall–Kier alpha value is -1.03. The quantitative estimate of drug-likeness (QED) is 0.668. The van der Waals surface area contributed by atoms with Gasteiger partial charge in [-0.3, -0.25) is 4.79 Å². The highest BCUT2D eigenvalue weighted by Gasteiger charge is 2.50. The lowest BCUT2D eigenvalue weighted by atomic mass is 9.82. The van der Waals surface area contributed by atoms with Crippen molar-refractivity contribution in [2.75, 3.05) is 0 Å². The molecule has 2 aliphatic heterocycles. The van der Waals surface area contributed by atoms with Crippen molar-refractivity contribution in [2.45, 2.75) is 25.8 Å². The summed E-state index contributed by atoms with van der Waals surface area (Å²) in [6, 6.07) is 0.0381. The van der Waals surface area contributed by atoms with E-state index in [0.29, 0.717) is 6.42 Å². The second-order valence-electron chi connectivity index (χ2n) is 3.66. The van der Waals surface area contributed by atoms with E-state index in [2.05, 4.69) is 0 Å². The van der Waals surface area contributed by atoms with Crippen molar-refractivity contribution < 1.29 is 14.7 Å². The van der Waals surface area contributed by atoms with E-state index in [9.17, 15) is 9.59 Å². The molecule has 5 heteroatoms. The molecule has 1 saturated heterocycles. The molecule has 2 atom stereocenters. The Kier molecular flexibility index (Phi) is 2.03. The topological polar surface area (TPSA) is 57.6 Å². The first kappa shape index (κ1) is 9.52. The van der Waals surface area contributed by atoms with Crippen LogP contribution < -0.4 is 0 Å². The van der Waals surface area contributed by atoms with Gasteiger partial charge in [0.1, 0.15) is 5.70 Å². The largest absolute Gasteiger partial charge is 0.477 e. The van der Waals surface area contributed by atoms with Gasteiger partial charge in [-0.1, -0.05) is 18.5 Å². The number of allylic oxidation sites excluding steroid dienone is 1. The summed E-state index contributed by atoms with van der Waals surface area (Å²) in [5.74, 6) is -1.31. The molecule has 0 spiro atoms. The van der Waals surface area contributed by atoms with Crippen LogP contribution in [0.15, 0.2) is 10.7 Å². The van der Waals surface area contributed by atoms with Gasteiger partial charge in [-0.25, -0.2) is 4.79 Å². The Balaban J connectivity index is 2.37. The summed E-state index contributed by atoms with van der Waals surface area (Å²) in [6.45, 7) is 1.82. The average Bonchev–Trinajstić information content (AvgIpc) is 2.15. The number of carbonyl (C=O) groups excluding carboxylic acids is 1. The van der Waals surface area contributed by atoms with Gasteiger partial charge in [0.05, 0.1) is 5.92 Å². The molecule has 0 aliphatic carbocycles. The summed E-state index contributed by atoms with van der Waals surface area (Å²) >= 11 is 5.79. The molecule has 0 aromatic rings. The first-order chi connectivity index (χ1) is 6.54. The lowest BCUT2D eigenvalue weighted by Gasteiger charge is -2.48. The number of amides is 1. The SMILES string of the molecule is C[C@@H]1C(=O)N2C(C(=O)O)=C(Cl)CC[C@H]12. The molecular formula is C9H10ClNO3. The summed E-state index contributed by atoms with van der Waals surface area (Å²) in [5, 5.41) is 9.18. The maximum atomic E-state index is 11.4. The second-order valence-corrected chi connectivity index (χ2v) is 4.12. The number of fused-ring (bicyclic) bond motifs is 1. The fourth-order valence-electron chi connectivity index (χ4n) is 2.09. The van der Waals surface area contributed by atoms with Crippen LogP contribution >= 0.6 is 11.6 Å². The summed E-state index contributed by atoms with van der Waals surface area (Å²) in [7, 11) is 0. The van der Waals surface area contributed by atoms with Gasteiger partial charge in [0, 0.05) is 11.1 Å². The molecule has 0 aromatic heterocycles. The molecule has 1 fully saturated rings. The molecule has 0 unspecified atom stereocenters.